The number of anilines is 1. The van der Waals surface area contributed by atoms with E-state index in [1.54, 1.807) is 0 Å². The van der Waals surface area contributed by atoms with Crippen molar-refractivity contribution in [2.24, 2.45) is 0 Å². The summed E-state index contributed by atoms with van der Waals surface area (Å²) in [6.07, 6.45) is -4.46. The fourth-order valence-electron chi connectivity index (χ4n) is 0.640. The van der Waals surface area contributed by atoms with Gasteiger partial charge in [-0.1, -0.05) is 0 Å². The maximum absolute atomic E-state index is 12.1. The van der Waals surface area contributed by atoms with Crippen LogP contribution in [0.4, 0.5) is 18.9 Å². The zero-order valence-corrected chi connectivity index (χ0v) is 9.16. The van der Waals surface area contributed by atoms with Crippen molar-refractivity contribution in [2.75, 3.05) is 5.73 Å². The summed E-state index contributed by atoms with van der Waals surface area (Å²) in [7, 11) is 0. The summed E-state index contributed by atoms with van der Waals surface area (Å²) in [5.41, 5.74) is 4.53. The molecule has 0 radical (unpaired) electrons. The van der Waals surface area contributed by atoms with Crippen molar-refractivity contribution in [1.82, 2.24) is 4.98 Å². The van der Waals surface area contributed by atoms with Crippen LogP contribution < -0.4 is 5.73 Å². The zero-order valence-electron chi connectivity index (χ0n) is 5.99. The number of nitrogen functional groups attached to an aromatic ring is 1. The van der Waals surface area contributed by atoms with Gasteiger partial charge in [0.05, 0.1) is 5.69 Å². The molecular formula is C6H3Br2F3N2. The lowest BCUT2D eigenvalue weighted by atomic mass is 10.3. The molecule has 72 valence electrons. The largest absolute Gasteiger partial charge is 0.433 e. The van der Waals surface area contributed by atoms with E-state index in [1.165, 1.54) is 0 Å². The van der Waals surface area contributed by atoms with E-state index in [1.807, 2.05) is 0 Å². The van der Waals surface area contributed by atoms with E-state index in [0.717, 1.165) is 6.07 Å². The van der Waals surface area contributed by atoms with Crippen LogP contribution in [0.25, 0.3) is 0 Å². The number of nitrogens with zero attached hydrogens (tertiary/aromatic N) is 1. The Labute approximate surface area is 88.6 Å². The fourth-order valence-corrected chi connectivity index (χ4v) is 1.72. The Bertz CT molecular complexity index is 314. The number of rotatable bonds is 0. The molecule has 0 spiro atoms. The Morgan fingerprint density at radius 2 is 1.85 bits per heavy atom. The van der Waals surface area contributed by atoms with Gasteiger partial charge in [0.2, 0.25) is 0 Å². The summed E-state index contributed by atoms with van der Waals surface area (Å²) < 4.78 is 36.6. The van der Waals surface area contributed by atoms with Crippen LogP contribution in [-0.4, -0.2) is 4.98 Å². The number of pyridine rings is 1. The Morgan fingerprint density at radius 1 is 1.31 bits per heavy atom. The van der Waals surface area contributed by atoms with Crippen LogP contribution in [0.2, 0.25) is 0 Å². The smallest absolute Gasteiger partial charge is 0.396 e. The van der Waals surface area contributed by atoms with Crippen molar-refractivity contribution < 1.29 is 13.2 Å². The first-order valence-electron chi connectivity index (χ1n) is 3.01. The number of halogens is 5. The molecule has 0 aliphatic heterocycles. The third kappa shape index (κ3) is 2.34. The first kappa shape index (κ1) is 10.8. The molecule has 0 fully saturated rings. The van der Waals surface area contributed by atoms with Crippen molar-refractivity contribution in [3.63, 3.8) is 0 Å². The third-order valence-corrected chi connectivity index (χ3v) is 2.51. The minimum atomic E-state index is -4.46. The molecule has 0 unspecified atom stereocenters. The Hall–Kier alpha value is -0.300. The van der Waals surface area contributed by atoms with Gasteiger partial charge in [0, 0.05) is 4.47 Å². The summed E-state index contributed by atoms with van der Waals surface area (Å²) in [5.74, 6) is 0. The molecule has 0 bridgehead atoms. The van der Waals surface area contributed by atoms with Crippen molar-refractivity contribution in [1.29, 1.82) is 0 Å². The van der Waals surface area contributed by atoms with Gasteiger partial charge in [-0.25, -0.2) is 4.98 Å². The van der Waals surface area contributed by atoms with E-state index >= 15 is 0 Å². The highest BCUT2D eigenvalue weighted by molar-refractivity contribution is 9.11. The third-order valence-electron chi connectivity index (χ3n) is 1.25. The van der Waals surface area contributed by atoms with Crippen LogP contribution in [0.5, 0.6) is 0 Å². The van der Waals surface area contributed by atoms with E-state index in [2.05, 4.69) is 36.8 Å². The minimum Gasteiger partial charge on any atom is -0.396 e. The SMILES string of the molecule is Nc1c(Br)cc(C(F)(F)F)nc1Br. The molecule has 1 aromatic heterocycles. The molecule has 0 aliphatic rings. The van der Waals surface area contributed by atoms with Gasteiger partial charge in [-0.15, -0.1) is 0 Å². The molecule has 0 aromatic carbocycles. The second kappa shape index (κ2) is 3.45. The molecule has 0 saturated carbocycles. The van der Waals surface area contributed by atoms with Crippen molar-refractivity contribution >= 4 is 37.5 Å². The van der Waals surface area contributed by atoms with E-state index in [-0.39, 0.29) is 14.8 Å². The highest BCUT2D eigenvalue weighted by Gasteiger charge is 2.33. The monoisotopic (exact) mass is 318 g/mol. The molecule has 1 rings (SSSR count). The van der Waals surface area contributed by atoms with Gasteiger partial charge in [-0.2, -0.15) is 13.2 Å². The minimum absolute atomic E-state index is 0.0193. The molecule has 1 heterocycles. The second-order valence-corrected chi connectivity index (χ2v) is 3.80. The van der Waals surface area contributed by atoms with Crippen LogP contribution in [-0.2, 0) is 6.18 Å². The maximum Gasteiger partial charge on any atom is 0.433 e. The zero-order chi connectivity index (χ0) is 10.2. The summed E-state index contributed by atoms with van der Waals surface area (Å²) in [4.78, 5) is 3.24. The number of hydrogen-bond acceptors (Lipinski definition) is 2. The quantitative estimate of drug-likeness (QED) is 0.746. The van der Waals surface area contributed by atoms with Crippen LogP contribution >= 0.6 is 31.9 Å². The normalized spacial score (nSPS) is 11.8. The molecule has 2 N–H and O–H groups in total. The highest BCUT2D eigenvalue weighted by atomic mass is 79.9. The van der Waals surface area contributed by atoms with E-state index in [9.17, 15) is 13.2 Å². The number of alkyl halides is 3. The topological polar surface area (TPSA) is 38.9 Å². The van der Waals surface area contributed by atoms with Crippen LogP contribution in [0.3, 0.4) is 0 Å². The summed E-state index contributed by atoms with van der Waals surface area (Å²) in [5, 5.41) is 0. The standard InChI is InChI=1S/C6H3Br2F3N2/c7-2-1-3(6(9,10)11)13-5(8)4(2)12/h1H,12H2. The lowest BCUT2D eigenvalue weighted by Gasteiger charge is -2.08. The highest BCUT2D eigenvalue weighted by Crippen LogP contribution is 2.34. The lowest BCUT2D eigenvalue weighted by molar-refractivity contribution is -0.141. The molecule has 0 atom stereocenters. The Morgan fingerprint density at radius 3 is 2.23 bits per heavy atom. The number of hydrogen-bond donors (Lipinski definition) is 1. The van der Waals surface area contributed by atoms with Gasteiger partial charge >= 0.3 is 6.18 Å². The van der Waals surface area contributed by atoms with Crippen LogP contribution in [0.1, 0.15) is 5.69 Å². The molecule has 0 aliphatic carbocycles. The van der Waals surface area contributed by atoms with Crippen molar-refractivity contribution in [3.05, 3.63) is 20.8 Å². The van der Waals surface area contributed by atoms with Gasteiger partial charge in [-0.05, 0) is 37.9 Å². The summed E-state index contributed by atoms with van der Waals surface area (Å²) in [6, 6.07) is 0.833. The lowest BCUT2D eigenvalue weighted by Crippen LogP contribution is -2.09. The Balaban J connectivity index is 3.29. The molecule has 0 saturated heterocycles. The van der Waals surface area contributed by atoms with Crippen LogP contribution in [0, 0.1) is 0 Å². The Kier molecular flexibility index (Phi) is 2.86. The number of aromatic nitrogens is 1. The predicted molar refractivity (Wildman–Crippen MR) is 49.1 cm³/mol. The molecule has 0 amide bonds. The van der Waals surface area contributed by atoms with Crippen molar-refractivity contribution in [2.45, 2.75) is 6.18 Å². The first-order chi connectivity index (χ1) is 5.82. The van der Waals surface area contributed by atoms with Crippen molar-refractivity contribution in [3.8, 4) is 0 Å². The second-order valence-electron chi connectivity index (χ2n) is 2.19. The average Bonchev–Trinajstić information content (AvgIpc) is 1.97. The van der Waals surface area contributed by atoms with Gasteiger partial charge < -0.3 is 5.73 Å². The maximum atomic E-state index is 12.1. The predicted octanol–water partition coefficient (Wildman–Crippen LogP) is 3.21. The van der Waals surface area contributed by atoms with Gasteiger partial charge in [0.1, 0.15) is 10.3 Å². The summed E-state index contributed by atoms with van der Waals surface area (Å²) in [6.45, 7) is 0. The van der Waals surface area contributed by atoms with Gasteiger partial charge in [0.15, 0.2) is 0 Å². The van der Waals surface area contributed by atoms with E-state index in [0.29, 0.717) is 0 Å². The fraction of sp³-hybridized carbons (Fsp3) is 0.167. The molecule has 1 aromatic rings. The van der Waals surface area contributed by atoms with Crippen LogP contribution in [0.15, 0.2) is 15.1 Å². The van der Waals surface area contributed by atoms with E-state index in [4.69, 9.17) is 5.73 Å². The molecule has 7 heteroatoms. The first-order valence-corrected chi connectivity index (χ1v) is 4.59. The molecular weight excluding hydrogens is 317 g/mol. The number of nitrogens with two attached hydrogens (primary N) is 1. The summed E-state index contributed by atoms with van der Waals surface area (Å²) >= 11 is 5.72. The van der Waals surface area contributed by atoms with E-state index < -0.39 is 11.9 Å². The molecule has 13 heavy (non-hydrogen) atoms. The molecule has 2 nitrogen and oxygen atoms in total. The average molecular weight is 320 g/mol. The van der Waals surface area contributed by atoms with Gasteiger partial charge in [0.25, 0.3) is 0 Å². The van der Waals surface area contributed by atoms with Gasteiger partial charge in [-0.3, -0.25) is 0 Å².